The van der Waals surface area contributed by atoms with Crippen LogP contribution in [0.4, 0.5) is 14.9 Å². The van der Waals surface area contributed by atoms with E-state index in [1.807, 2.05) is 4.72 Å². The summed E-state index contributed by atoms with van der Waals surface area (Å²) in [5.41, 5.74) is 1.19. The Morgan fingerprint density at radius 3 is 2.46 bits per heavy atom. The third kappa shape index (κ3) is 6.38. The molecule has 2 rings (SSSR count). The Kier molecular flexibility index (Phi) is 8.63. The predicted octanol–water partition coefficient (Wildman–Crippen LogP) is 2.64. The molecule has 0 aliphatic rings. The van der Waals surface area contributed by atoms with Crippen LogP contribution in [-0.4, -0.2) is 69.1 Å². The number of carbonyl (C=O) groups excluding carboxylic acids is 2. The lowest BCUT2D eigenvalue weighted by molar-refractivity contribution is 0.0817. The Morgan fingerprint density at radius 2 is 1.91 bits per heavy atom. The number of hydrogen-bond donors (Lipinski definition) is 2. The average Bonchev–Trinajstić information content (AvgIpc) is 3.15. The fourth-order valence-corrected chi connectivity index (χ4v) is 4.07. The lowest BCUT2D eigenvalue weighted by atomic mass is 9.94. The van der Waals surface area contributed by atoms with E-state index >= 15 is 0 Å². The molecule has 0 aliphatic carbocycles. The molecule has 1 heterocycles. The minimum Gasteiger partial charge on any atom is -0.343 e. The van der Waals surface area contributed by atoms with E-state index < -0.39 is 32.8 Å². The fourth-order valence-electron chi connectivity index (χ4n) is 3.18. The average molecular weight is 506 g/mol. The van der Waals surface area contributed by atoms with E-state index in [9.17, 15) is 22.4 Å². The molecule has 0 unspecified atom stereocenters. The molecule has 0 radical (unpaired) electrons. The molecule has 2 N–H and O–H groups in total. The fraction of sp³-hybridized carbons (Fsp3) is 0.318. The van der Waals surface area contributed by atoms with Gasteiger partial charge in [0.25, 0.3) is 15.9 Å². The quantitative estimate of drug-likeness (QED) is 0.531. The van der Waals surface area contributed by atoms with Gasteiger partial charge in [-0.25, -0.2) is 13.9 Å². The summed E-state index contributed by atoms with van der Waals surface area (Å²) in [5, 5.41) is 5.83. The van der Waals surface area contributed by atoms with E-state index in [0.717, 1.165) is 10.7 Å². The van der Waals surface area contributed by atoms with Gasteiger partial charge in [0.15, 0.2) is 5.03 Å². The minimum absolute atomic E-state index is 0.0178. The maximum absolute atomic E-state index is 14.4. The number of urea groups is 1. The van der Waals surface area contributed by atoms with E-state index in [-0.39, 0.29) is 22.9 Å². The molecule has 0 saturated heterocycles. The summed E-state index contributed by atoms with van der Waals surface area (Å²) in [4.78, 5) is 33.9. The Bertz CT molecular complexity index is 1310. The van der Waals surface area contributed by atoms with Crippen LogP contribution >= 0.6 is 0 Å². The van der Waals surface area contributed by atoms with Crippen molar-refractivity contribution in [2.24, 2.45) is 17.0 Å². The standard InChI is InChI=1S/C22H28FN7O4S/c1-13(2)16-8-15(23)9-17(14(11-24-3)12-25-4)20(16)26-22(32)28-35(33,34)19-10-18(30(7)27-19)21(31)29(5)6/h8-13H,3H2,1-2,4-7H3,(H2,26,28,32)/b14-11+,25-12?. The number of rotatable bonds is 8. The van der Waals surface area contributed by atoms with E-state index in [2.05, 4.69) is 27.1 Å². The van der Waals surface area contributed by atoms with Crippen LogP contribution in [0.5, 0.6) is 0 Å². The third-order valence-corrected chi connectivity index (χ3v) is 5.99. The number of nitrogens with one attached hydrogen (secondary N) is 2. The van der Waals surface area contributed by atoms with Crippen LogP contribution in [0.2, 0.25) is 0 Å². The monoisotopic (exact) mass is 505 g/mol. The summed E-state index contributed by atoms with van der Waals surface area (Å²) in [5.74, 6) is -1.26. The van der Waals surface area contributed by atoms with Gasteiger partial charge in [-0.3, -0.25) is 19.5 Å². The second-order valence-electron chi connectivity index (χ2n) is 7.98. The van der Waals surface area contributed by atoms with Gasteiger partial charge in [0.1, 0.15) is 11.5 Å². The summed E-state index contributed by atoms with van der Waals surface area (Å²) in [6.07, 6.45) is 2.74. The highest BCUT2D eigenvalue weighted by Crippen LogP contribution is 2.33. The smallest absolute Gasteiger partial charge is 0.333 e. The molecule has 188 valence electrons. The number of hydrogen-bond acceptors (Lipinski definition) is 7. The third-order valence-electron chi connectivity index (χ3n) is 4.79. The zero-order valence-electron chi connectivity index (χ0n) is 20.3. The molecule has 1 aromatic heterocycles. The molecule has 0 saturated carbocycles. The number of aliphatic imine (C=N–C) groups is 2. The van der Waals surface area contributed by atoms with Gasteiger partial charge in [-0.15, -0.1) is 0 Å². The van der Waals surface area contributed by atoms with E-state index in [1.54, 1.807) is 13.8 Å². The Labute approximate surface area is 203 Å². The second-order valence-corrected chi connectivity index (χ2v) is 9.61. The Morgan fingerprint density at radius 1 is 1.26 bits per heavy atom. The van der Waals surface area contributed by atoms with Crippen LogP contribution in [0.25, 0.3) is 5.57 Å². The van der Waals surface area contributed by atoms with Crippen molar-refractivity contribution in [1.29, 1.82) is 0 Å². The van der Waals surface area contributed by atoms with Gasteiger partial charge in [0.2, 0.25) is 0 Å². The number of carbonyl (C=O) groups is 2. The maximum Gasteiger partial charge on any atom is 0.333 e. The summed E-state index contributed by atoms with van der Waals surface area (Å²) < 4.78 is 43.0. The first-order valence-electron chi connectivity index (χ1n) is 10.3. The summed E-state index contributed by atoms with van der Waals surface area (Å²) in [6.45, 7) is 6.98. The number of aryl methyl sites for hydroxylation is 1. The Balaban J connectivity index is 2.48. The van der Waals surface area contributed by atoms with Crippen molar-refractivity contribution < 1.29 is 22.4 Å². The van der Waals surface area contributed by atoms with Crippen molar-refractivity contribution in [3.8, 4) is 0 Å². The molecule has 1 aromatic carbocycles. The maximum atomic E-state index is 14.4. The Hall–Kier alpha value is -3.87. The number of nitrogens with zero attached hydrogens (tertiary/aromatic N) is 5. The van der Waals surface area contributed by atoms with Gasteiger partial charge >= 0.3 is 6.03 Å². The van der Waals surface area contributed by atoms with Crippen molar-refractivity contribution in [2.45, 2.75) is 24.8 Å². The first kappa shape index (κ1) is 27.4. The summed E-state index contributed by atoms with van der Waals surface area (Å²) >= 11 is 0. The van der Waals surface area contributed by atoms with E-state index in [0.29, 0.717) is 11.1 Å². The highest BCUT2D eigenvalue weighted by atomic mass is 32.2. The van der Waals surface area contributed by atoms with Gasteiger partial charge in [-0.2, -0.15) is 13.5 Å². The van der Waals surface area contributed by atoms with Crippen molar-refractivity contribution in [3.63, 3.8) is 0 Å². The topological polar surface area (TPSA) is 138 Å². The van der Waals surface area contributed by atoms with Gasteiger partial charge in [-0.1, -0.05) is 13.8 Å². The molecule has 13 heteroatoms. The van der Waals surface area contributed by atoms with Crippen LogP contribution < -0.4 is 10.0 Å². The lowest BCUT2D eigenvalue weighted by Crippen LogP contribution is -2.35. The number of halogens is 1. The molecular weight excluding hydrogens is 477 g/mol. The SMILES string of the molecule is C=N/C=C(\C=NC)c1cc(F)cc(C(C)C)c1NC(=O)NS(=O)(=O)c1cc(C(=O)N(C)C)n(C)n1. The predicted molar refractivity (Wildman–Crippen MR) is 133 cm³/mol. The number of allylic oxidation sites excluding steroid dienone is 1. The first-order valence-corrected chi connectivity index (χ1v) is 11.8. The molecule has 35 heavy (non-hydrogen) atoms. The highest BCUT2D eigenvalue weighted by molar-refractivity contribution is 7.90. The molecule has 0 spiro atoms. The van der Waals surface area contributed by atoms with Crippen molar-refractivity contribution in [3.05, 3.63) is 47.0 Å². The molecule has 0 aliphatic heterocycles. The van der Waals surface area contributed by atoms with Gasteiger partial charge in [-0.05, 0) is 30.3 Å². The summed E-state index contributed by atoms with van der Waals surface area (Å²) in [7, 11) is 1.49. The van der Waals surface area contributed by atoms with Crippen molar-refractivity contribution in [1.82, 2.24) is 19.4 Å². The lowest BCUT2D eigenvalue weighted by Gasteiger charge is -2.19. The molecule has 0 atom stereocenters. The van der Waals surface area contributed by atoms with Gasteiger partial charge in [0, 0.05) is 57.8 Å². The molecule has 11 nitrogen and oxygen atoms in total. The number of sulfonamides is 1. The number of anilines is 1. The van der Waals surface area contributed by atoms with Gasteiger partial charge < -0.3 is 10.2 Å². The van der Waals surface area contributed by atoms with E-state index in [1.165, 1.54) is 57.6 Å². The van der Waals surface area contributed by atoms with Crippen LogP contribution in [0.15, 0.2) is 39.4 Å². The van der Waals surface area contributed by atoms with Crippen LogP contribution in [0.3, 0.4) is 0 Å². The number of benzene rings is 1. The minimum atomic E-state index is -4.44. The van der Waals surface area contributed by atoms with E-state index in [4.69, 9.17) is 0 Å². The molecule has 0 fully saturated rings. The first-order chi connectivity index (χ1) is 16.3. The number of amides is 3. The normalized spacial score (nSPS) is 12.2. The molecule has 0 bridgehead atoms. The summed E-state index contributed by atoms with van der Waals surface area (Å²) in [6, 6.07) is 2.38. The largest absolute Gasteiger partial charge is 0.343 e. The number of aromatic nitrogens is 2. The van der Waals surface area contributed by atoms with Crippen molar-refractivity contribution in [2.75, 3.05) is 26.5 Å². The van der Waals surface area contributed by atoms with Crippen molar-refractivity contribution >= 4 is 46.2 Å². The van der Waals surface area contributed by atoms with Crippen LogP contribution in [0, 0.1) is 5.82 Å². The molecule has 2 aromatic rings. The highest BCUT2D eigenvalue weighted by Gasteiger charge is 2.26. The van der Waals surface area contributed by atoms with Gasteiger partial charge in [0.05, 0.1) is 5.69 Å². The zero-order chi connectivity index (χ0) is 26.5. The van der Waals surface area contributed by atoms with Crippen LogP contribution in [-0.2, 0) is 17.1 Å². The zero-order valence-corrected chi connectivity index (χ0v) is 21.1. The second kappa shape index (κ2) is 11.0. The molecule has 3 amide bonds. The van der Waals surface area contributed by atoms with Crippen LogP contribution in [0.1, 0.15) is 41.4 Å². The molecular formula is C22H28FN7O4S.